The largest absolute Gasteiger partial charge is 0.492 e. The summed E-state index contributed by atoms with van der Waals surface area (Å²) in [5, 5.41) is 0. The van der Waals surface area contributed by atoms with Gasteiger partial charge >= 0.3 is 0 Å². The lowest BCUT2D eigenvalue weighted by atomic mass is 9.81. The van der Waals surface area contributed by atoms with Gasteiger partial charge in [0.1, 0.15) is 12.4 Å². The SMILES string of the molecule is Cc1cccc(OCCN2CCC(C(C)c3ccccc3)CC2)c1. The molecule has 2 aromatic rings. The van der Waals surface area contributed by atoms with Crippen molar-refractivity contribution in [1.29, 1.82) is 0 Å². The van der Waals surface area contributed by atoms with Crippen molar-refractivity contribution in [2.24, 2.45) is 5.92 Å². The van der Waals surface area contributed by atoms with Crippen molar-refractivity contribution in [1.82, 2.24) is 4.90 Å². The monoisotopic (exact) mass is 323 g/mol. The molecular weight excluding hydrogens is 294 g/mol. The first kappa shape index (κ1) is 17.0. The van der Waals surface area contributed by atoms with Gasteiger partial charge in [-0.3, -0.25) is 4.90 Å². The maximum absolute atomic E-state index is 5.89. The minimum atomic E-state index is 0.664. The lowest BCUT2D eigenvalue weighted by molar-refractivity contribution is 0.146. The molecule has 1 heterocycles. The molecule has 128 valence electrons. The van der Waals surface area contributed by atoms with Crippen LogP contribution in [-0.4, -0.2) is 31.1 Å². The molecule has 0 amide bonds. The molecule has 1 unspecified atom stereocenters. The van der Waals surface area contributed by atoms with Crippen LogP contribution in [0.1, 0.15) is 36.8 Å². The molecule has 0 bridgehead atoms. The molecule has 0 aromatic heterocycles. The fourth-order valence-electron chi connectivity index (χ4n) is 3.70. The third-order valence-corrected chi connectivity index (χ3v) is 5.33. The van der Waals surface area contributed by atoms with Gasteiger partial charge in [-0.05, 0) is 68.0 Å². The Balaban J connectivity index is 1.41. The quantitative estimate of drug-likeness (QED) is 0.750. The molecule has 1 aliphatic rings. The average molecular weight is 323 g/mol. The molecule has 1 aliphatic heterocycles. The third kappa shape index (κ3) is 4.61. The van der Waals surface area contributed by atoms with Gasteiger partial charge in [-0.1, -0.05) is 49.4 Å². The molecule has 0 N–H and O–H groups in total. The van der Waals surface area contributed by atoms with Crippen LogP contribution in [-0.2, 0) is 0 Å². The summed E-state index contributed by atoms with van der Waals surface area (Å²) in [6.07, 6.45) is 2.58. The molecule has 0 aliphatic carbocycles. The highest BCUT2D eigenvalue weighted by molar-refractivity contribution is 5.27. The van der Waals surface area contributed by atoms with Gasteiger partial charge in [0, 0.05) is 6.54 Å². The first-order valence-corrected chi connectivity index (χ1v) is 9.19. The lowest BCUT2D eigenvalue weighted by Crippen LogP contribution is -2.37. The van der Waals surface area contributed by atoms with E-state index < -0.39 is 0 Å². The van der Waals surface area contributed by atoms with Crippen molar-refractivity contribution >= 4 is 0 Å². The summed E-state index contributed by atoms with van der Waals surface area (Å²) in [4.78, 5) is 2.55. The topological polar surface area (TPSA) is 12.5 Å². The number of likely N-dealkylation sites (tertiary alicyclic amines) is 1. The van der Waals surface area contributed by atoms with Crippen LogP contribution in [0, 0.1) is 12.8 Å². The Morgan fingerprint density at radius 2 is 1.79 bits per heavy atom. The van der Waals surface area contributed by atoms with E-state index in [2.05, 4.69) is 67.3 Å². The molecule has 0 saturated carbocycles. The maximum Gasteiger partial charge on any atom is 0.119 e. The highest BCUT2D eigenvalue weighted by Gasteiger charge is 2.24. The van der Waals surface area contributed by atoms with Crippen molar-refractivity contribution < 1.29 is 4.74 Å². The molecule has 2 aromatic carbocycles. The van der Waals surface area contributed by atoms with Gasteiger partial charge in [0.25, 0.3) is 0 Å². The van der Waals surface area contributed by atoms with Crippen LogP contribution < -0.4 is 4.74 Å². The Morgan fingerprint density at radius 3 is 2.50 bits per heavy atom. The number of nitrogens with zero attached hydrogens (tertiary/aromatic N) is 1. The average Bonchev–Trinajstić information content (AvgIpc) is 2.63. The summed E-state index contributed by atoms with van der Waals surface area (Å²) in [5.41, 5.74) is 2.74. The summed E-state index contributed by atoms with van der Waals surface area (Å²) < 4.78 is 5.89. The normalized spacial score (nSPS) is 17.6. The third-order valence-electron chi connectivity index (χ3n) is 5.33. The second-order valence-corrected chi connectivity index (χ2v) is 7.04. The van der Waals surface area contributed by atoms with E-state index in [9.17, 15) is 0 Å². The molecule has 0 spiro atoms. The van der Waals surface area contributed by atoms with Gasteiger partial charge in [0.2, 0.25) is 0 Å². The Morgan fingerprint density at radius 1 is 1.04 bits per heavy atom. The van der Waals surface area contributed by atoms with Gasteiger partial charge in [-0.25, -0.2) is 0 Å². The Kier molecular flexibility index (Phi) is 5.92. The molecular formula is C22H29NO. The van der Waals surface area contributed by atoms with Crippen LogP contribution in [0.5, 0.6) is 5.75 Å². The Hall–Kier alpha value is -1.80. The van der Waals surface area contributed by atoms with Crippen LogP contribution in [0.15, 0.2) is 54.6 Å². The van der Waals surface area contributed by atoms with Gasteiger partial charge in [-0.15, -0.1) is 0 Å². The van der Waals surface area contributed by atoms with E-state index >= 15 is 0 Å². The van der Waals surface area contributed by atoms with E-state index in [4.69, 9.17) is 4.74 Å². The molecule has 2 heteroatoms. The summed E-state index contributed by atoms with van der Waals surface area (Å²) in [6, 6.07) is 19.3. The second-order valence-electron chi connectivity index (χ2n) is 7.04. The first-order chi connectivity index (χ1) is 11.7. The van der Waals surface area contributed by atoms with Crippen molar-refractivity contribution in [3.05, 3.63) is 65.7 Å². The smallest absolute Gasteiger partial charge is 0.119 e. The number of benzene rings is 2. The van der Waals surface area contributed by atoms with E-state index in [-0.39, 0.29) is 0 Å². The van der Waals surface area contributed by atoms with Crippen molar-refractivity contribution in [3.63, 3.8) is 0 Å². The molecule has 0 radical (unpaired) electrons. The van der Waals surface area contributed by atoms with Crippen LogP contribution in [0.25, 0.3) is 0 Å². The van der Waals surface area contributed by atoms with Gasteiger partial charge in [0.15, 0.2) is 0 Å². The predicted molar refractivity (Wildman–Crippen MR) is 101 cm³/mol. The molecule has 24 heavy (non-hydrogen) atoms. The highest BCUT2D eigenvalue weighted by atomic mass is 16.5. The first-order valence-electron chi connectivity index (χ1n) is 9.19. The zero-order chi connectivity index (χ0) is 16.8. The number of aryl methyl sites for hydroxylation is 1. The number of piperidine rings is 1. The number of hydrogen-bond donors (Lipinski definition) is 0. The lowest BCUT2D eigenvalue weighted by Gasteiger charge is -2.35. The fraction of sp³-hybridized carbons (Fsp3) is 0.455. The van der Waals surface area contributed by atoms with E-state index in [1.54, 1.807) is 0 Å². The summed E-state index contributed by atoms with van der Waals surface area (Å²) in [6.45, 7) is 8.68. The van der Waals surface area contributed by atoms with Crippen LogP contribution in [0.2, 0.25) is 0 Å². The molecule has 1 fully saturated rings. The number of hydrogen-bond acceptors (Lipinski definition) is 2. The van der Waals surface area contributed by atoms with Crippen molar-refractivity contribution in [3.8, 4) is 5.75 Å². The van der Waals surface area contributed by atoms with Gasteiger partial charge < -0.3 is 4.74 Å². The van der Waals surface area contributed by atoms with Crippen molar-refractivity contribution in [2.45, 2.75) is 32.6 Å². The zero-order valence-corrected chi connectivity index (χ0v) is 14.9. The molecule has 3 rings (SSSR count). The van der Waals surface area contributed by atoms with Crippen LogP contribution >= 0.6 is 0 Å². The summed E-state index contributed by atoms with van der Waals surface area (Å²) in [5.74, 6) is 2.46. The van der Waals surface area contributed by atoms with E-state index in [0.29, 0.717) is 5.92 Å². The molecule has 1 atom stereocenters. The van der Waals surface area contributed by atoms with E-state index in [1.807, 2.05) is 6.07 Å². The Bertz CT molecular complexity index is 617. The summed E-state index contributed by atoms with van der Waals surface area (Å²) in [7, 11) is 0. The van der Waals surface area contributed by atoms with Gasteiger partial charge in [-0.2, -0.15) is 0 Å². The standard InChI is InChI=1S/C22H29NO/c1-18-7-6-10-22(17-18)24-16-15-23-13-11-21(12-14-23)19(2)20-8-4-3-5-9-20/h3-10,17,19,21H,11-16H2,1-2H3. The number of ether oxygens (including phenoxy) is 1. The minimum absolute atomic E-state index is 0.664. The fourth-order valence-corrected chi connectivity index (χ4v) is 3.70. The number of rotatable bonds is 6. The van der Waals surface area contributed by atoms with E-state index in [0.717, 1.165) is 24.8 Å². The predicted octanol–water partition coefficient (Wildman–Crippen LogP) is 4.89. The van der Waals surface area contributed by atoms with Gasteiger partial charge in [0.05, 0.1) is 0 Å². The zero-order valence-electron chi connectivity index (χ0n) is 14.9. The second kappa shape index (κ2) is 8.34. The van der Waals surface area contributed by atoms with Crippen molar-refractivity contribution in [2.75, 3.05) is 26.2 Å². The minimum Gasteiger partial charge on any atom is -0.492 e. The summed E-state index contributed by atoms with van der Waals surface area (Å²) >= 11 is 0. The maximum atomic E-state index is 5.89. The molecule has 1 saturated heterocycles. The van der Waals surface area contributed by atoms with Crippen LogP contribution in [0.4, 0.5) is 0 Å². The van der Waals surface area contributed by atoms with E-state index in [1.165, 1.54) is 37.1 Å². The Labute approximate surface area is 146 Å². The molecule has 2 nitrogen and oxygen atoms in total. The highest BCUT2D eigenvalue weighted by Crippen LogP contribution is 2.32. The van der Waals surface area contributed by atoms with Crippen LogP contribution in [0.3, 0.4) is 0 Å².